The molecule has 2 aromatic carbocycles. The Labute approximate surface area is 126 Å². The predicted molar refractivity (Wildman–Crippen MR) is 87.5 cm³/mol. The zero-order valence-corrected chi connectivity index (χ0v) is 12.9. The summed E-state index contributed by atoms with van der Waals surface area (Å²) in [4.78, 5) is 12.2. The van der Waals surface area contributed by atoms with E-state index in [-0.39, 0.29) is 5.91 Å². The molecule has 0 atom stereocenters. The standard InChI is InChI=1S/C18H22N2O/c1-12-5-4-6-15(9-12)7-8-20-18(21)16-11-17(19)14(3)10-13(16)2/h4-6,9-11H,7-8,19H2,1-3H3,(H,20,21). The fraction of sp³-hybridized carbons (Fsp3) is 0.278. The summed E-state index contributed by atoms with van der Waals surface area (Å²) in [6, 6.07) is 12.0. The smallest absolute Gasteiger partial charge is 0.251 e. The van der Waals surface area contributed by atoms with Crippen LogP contribution in [0.3, 0.4) is 0 Å². The van der Waals surface area contributed by atoms with Gasteiger partial charge in [-0.1, -0.05) is 35.9 Å². The molecule has 0 aromatic heterocycles. The number of rotatable bonds is 4. The maximum Gasteiger partial charge on any atom is 0.251 e. The van der Waals surface area contributed by atoms with E-state index < -0.39 is 0 Å². The maximum absolute atomic E-state index is 12.2. The minimum atomic E-state index is -0.0631. The molecule has 0 saturated heterocycles. The van der Waals surface area contributed by atoms with Gasteiger partial charge in [-0.15, -0.1) is 0 Å². The van der Waals surface area contributed by atoms with E-state index in [1.165, 1.54) is 11.1 Å². The van der Waals surface area contributed by atoms with Crippen molar-refractivity contribution in [3.63, 3.8) is 0 Å². The van der Waals surface area contributed by atoms with Crippen LogP contribution in [0.5, 0.6) is 0 Å². The minimum Gasteiger partial charge on any atom is -0.398 e. The molecule has 0 radical (unpaired) electrons. The lowest BCUT2D eigenvalue weighted by atomic mass is 10.0. The second-order valence-corrected chi connectivity index (χ2v) is 5.52. The Kier molecular flexibility index (Phi) is 4.63. The lowest BCUT2D eigenvalue weighted by molar-refractivity contribution is 0.0953. The number of amides is 1. The number of nitrogens with two attached hydrogens (primary N) is 1. The first-order valence-corrected chi connectivity index (χ1v) is 7.18. The molecule has 0 bridgehead atoms. The van der Waals surface area contributed by atoms with Gasteiger partial charge in [0.1, 0.15) is 0 Å². The molecule has 2 aromatic rings. The lowest BCUT2D eigenvalue weighted by Crippen LogP contribution is -2.26. The quantitative estimate of drug-likeness (QED) is 0.846. The molecule has 110 valence electrons. The summed E-state index contributed by atoms with van der Waals surface area (Å²) in [7, 11) is 0. The zero-order valence-electron chi connectivity index (χ0n) is 12.9. The van der Waals surface area contributed by atoms with Crippen LogP contribution in [0, 0.1) is 20.8 Å². The highest BCUT2D eigenvalue weighted by Gasteiger charge is 2.10. The van der Waals surface area contributed by atoms with Gasteiger partial charge in [0.2, 0.25) is 0 Å². The van der Waals surface area contributed by atoms with Crippen LogP contribution in [-0.4, -0.2) is 12.5 Å². The zero-order chi connectivity index (χ0) is 15.4. The van der Waals surface area contributed by atoms with E-state index in [9.17, 15) is 4.79 Å². The van der Waals surface area contributed by atoms with Crippen LogP contribution < -0.4 is 11.1 Å². The largest absolute Gasteiger partial charge is 0.398 e. The van der Waals surface area contributed by atoms with E-state index >= 15 is 0 Å². The molecule has 0 saturated carbocycles. The van der Waals surface area contributed by atoms with Crippen LogP contribution in [0.1, 0.15) is 32.6 Å². The summed E-state index contributed by atoms with van der Waals surface area (Å²) < 4.78 is 0. The molecule has 2 rings (SSSR count). The van der Waals surface area contributed by atoms with Gasteiger partial charge in [0.15, 0.2) is 0 Å². The first kappa shape index (κ1) is 15.1. The fourth-order valence-electron chi connectivity index (χ4n) is 2.40. The summed E-state index contributed by atoms with van der Waals surface area (Å²) >= 11 is 0. The molecule has 0 unspecified atom stereocenters. The molecule has 0 heterocycles. The highest BCUT2D eigenvalue weighted by Crippen LogP contribution is 2.17. The molecule has 0 aliphatic rings. The maximum atomic E-state index is 12.2. The van der Waals surface area contributed by atoms with Crippen molar-refractivity contribution in [3.8, 4) is 0 Å². The number of carbonyl (C=O) groups excluding carboxylic acids is 1. The van der Waals surface area contributed by atoms with Crippen LogP contribution in [0.2, 0.25) is 0 Å². The first-order chi connectivity index (χ1) is 9.97. The van der Waals surface area contributed by atoms with Crippen molar-refractivity contribution in [2.24, 2.45) is 0 Å². The average Bonchev–Trinajstić information content (AvgIpc) is 2.43. The number of anilines is 1. The van der Waals surface area contributed by atoms with Crippen LogP contribution in [0.25, 0.3) is 0 Å². The molecule has 0 fully saturated rings. The highest BCUT2D eigenvalue weighted by atomic mass is 16.1. The van der Waals surface area contributed by atoms with Gasteiger partial charge < -0.3 is 11.1 Å². The van der Waals surface area contributed by atoms with Crippen molar-refractivity contribution in [3.05, 3.63) is 64.2 Å². The van der Waals surface area contributed by atoms with Gasteiger partial charge in [0.05, 0.1) is 0 Å². The summed E-state index contributed by atoms with van der Waals surface area (Å²) in [5, 5.41) is 2.96. The van der Waals surface area contributed by atoms with Crippen molar-refractivity contribution in [2.45, 2.75) is 27.2 Å². The summed E-state index contributed by atoms with van der Waals surface area (Å²) in [5.74, 6) is -0.0631. The molecule has 0 aliphatic heterocycles. The molecule has 0 spiro atoms. The summed E-state index contributed by atoms with van der Waals surface area (Å²) in [6.07, 6.45) is 0.827. The van der Waals surface area contributed by atoms with Gasteiger partial charge in [-0.3, -0.25) is 4.79 Å². The summed E-state index contributed by atoms with van der Waals surface area (Å²) in [5.41, 5.74) is 11.6. The number of carbonyl (C=O) groups is 1. The second kappa shape index (κ2) is 6.44. The van der Waals surface area contributed by atoms with Crippen LogP contribution in [0.15, 0.2) is 36.4 Å². The van der Waals surface area contributed by atoms with Crippen LogP contribution in [0.4, 0.5) is 5.69 Å². The lowest BCUT2D eigenvalue weighted by Gasteiger charge is -2.10. The number of aryl methyl sites for hydroxylation is 3. The average molecular weight is 282 g/mol. The minimum absolute atomic E-state index is 0.0631. The van der Waals surface area contributed by atoms with E-state index in [1.807, 2.05) is 26.0 Å². The second-order valence-electron chi connectivity index (χ2n) is 5.52. The Bertz CT molecular complexity index is 662. The van der Waals surface area contributed by atoms with Crippen LogP contribution >= 0.6 is 0 Å². The third-order valence-electron chi connectivity index (χ3n) is 3.64. The normalized spacial score (nSPS) is 10.4. The number of nitrogens with one attached hydrogen (secondary N) is 1. The van der Waals surface area contributed by atoms with E-state index in [0.29, 0.717) is 17.8 Å². The Morgan fingerprint density at radius 1 is 1.10 bits per heavy atom. The Hall–Kier alpha value is -2.29. The molecule has 3 heteroatoms. The van der Waals surface area contributed by atoms with Gasteiger partial charge in [-0.25, -0.2) is 0 Å². The molecule has 3 N–H and O–H groups in total. The van der Waals surface area contributed by atoms with Gasteiger partial charge in [0.25, 0.3) is 5.91 Å². The van der Waals surface area contributed by atoms with Crippen molar-refractivity contribution >= 4 is 11.6 Å². The number of hydrogen-bond donors (Lipinski definition) is 2. The van der Waals surface area contributed by atoms with Gasteiger partial charge in [-0.2, -0.15) is 0 Å². The SMILES string of the molecule is Cc1cccc(CCNC(=O)c2cc(N)c(C)cc2C)c1. The van der Waals surface area contributed by atoms with Crippen LogP contribution in [-0.2, 0) is 6.42 Å². The Morgan fingerprint density at radius 2 is 1.86 bits per heavy atom. The van der Waals surface area contributed by atoms with E-state index in [4.69, 9.17) is 5.73 Å². The van der Waals surface area contributed by atoms with Gasteiger partial charge in [0, 0.05) is 17.8 Å². The third kappa shape index (κ3) is 3.85. The Balaban J connectivity index is 1.98. The Morgan fingerprint density at radius 3 is 2.57 bits per heavy atom. The van der Waals surface area contributed by atoms with E-state index in [0.717, 1.165) is 17.5 Å². The number of hydrogen-bond acceptors (Lipinski definition) is 2. The monoisotopic (exact) mass is 282 g/mol. The third-order valence-corrected chi connectivity index (χ3v) is 3.64. The molecule has 1 amide bonds. The van der Waals surface area contributed by atoms with Crippen molar-refractivity contribution < 1.29 is 4.79 Å². The number of benzene rings is 2. The topological polar surface area (TPSA) is 55.1 Å². The van der Waals surface area contributed by atoms with Crippen molar-refractivity contribution in [1.82, 2.24) is 5.32 Å². The molecule has 0 aliphatic carbocycles. The highest BCUT2D eigenvalue weighted by molar-refractivity contribution is 5.96. The van der Waals surface area contributed by atoms with E-state index in [2.05, 4.69) is 30.4 Å². The first-order valence-electron chi connectivity index (χ1n) is 7.18. The van der Waals surface area contributed by atoms with Gasteiger partial charge in [-0.05, 0) is 49.9 Å². The molecule has 3 nitrogen and oxygen atoms in total. The molecular weight excluding hydrogens is 260 g/mol. The molecular formula is C18H22N2O. The van der Waals surface area contributed by atoms with Gasteiger partial charge >= 0.3 is 0 Å². The van der Waals surface area contributed by atoms with E-state index in [1.54, 1.807) is 6.07 Å². The summed E-state index contributed by atoms with van der Waals surface area (Å²) in [6.45, 7) is 6.57. The van der Waals surface area contributed by atoms with Crippen molar-refractivity contribution in [2.75, 3.05) is 12.3 Å². The number of nitrogen functional groups attached to an aromatic ring is 1. The predicted octanol–water partition coefficient (Wildman–Crippen LogP) is 3.17. The van der Waals surface area contributed by atoms with Crippen molar-refractivity contribution in [1.29, 1.82) is 0 Å². The molecule has 21 heavy (non-hydrogen) atoms. The fourth-order valence-corrected chi connectivity index (χ4v) is 2.40.